The molecule has 6 heteroatoms. The van der Waals surface area contributed by atoms with Gasteiger partial charge in [-0.25, -0.2) is 0 Å². The molecule has 0 aliphatic heterocycles. The van der Waals surface area contributed by atoms with Gasteiger partial charge < -0.3 is 0 Å². The normalized spacial score (nSPS) is 29.4. The van der Waals surface area contributed by atoms with E-state index in [0.717, 1.165) is 6.42 Å². The molecule has 1 aromatic rings. The minimum atomic E-state index is -4.40. The van der Waals surface area contributed by atoms with Crippen molar-refractivity contribution in [2.75, 3.05) is 0 Å². The van der Waals surface area contributed by atoms with Crippen LogP contribution in [0.15, 0.2) is 24.3 Å². The fourth-order valence-corrected chi connectivity index (χ4v) is 6.39. The molecule has 24 heavy (non-hydrogen) atoms. The molecule has 2 aliphatic carbocycles. The van der Waals surface area contributed by atoms with Crippen molar-refractivity contribution in [1.82, 2.24) is 0 Å². The molecule has 2 saturated carbocycles. The van der Waals surface area contributed by atoms with E-state index in [9.17, 15) is 17.8 Å². The van der Waals surface area contributed by atoms with Crippen LogP contribution in [0.4, 0.5) is 0 Å². The van der Waals surface area contributed by atoms with Gasteiger partial charge in [-0.1, -0.05) is 26.0 Å². The quantitative estimate of drug-likeness (QED) is 0.845. The van der Waals surface area contributed by atoms with Crippen LogP contribution in [0, 0.1) is 28.1 Å². The first-order valence-electron chi connectivity index (χ1n) is 8.11. The van der Waals surface area contributed by atoms with E-state index >= 15 is 0 Å². The summed E-state index contributed by atoms with van der Waals surface area (Å²) in [5, 5.41) is 7.72. The Hall–Kier alpha value is -1.71. The molecule has 2 aliphatic rings. The number of carbonyl (C=O) groups is 1. The van der Waals surface area contributed by atoms with Crippen molar-refractivity contribution in [2.45, 2.75) is 44.8 Å². The number of nitrogens with zero attached hydrogens (tertiary/aromatic N) is 1. The lowest BCUT2D eigenvalue weighted by Gasteiger charge is -2.41. The van der Waals surface area contributed by atoms with Gasteiger partial charge >= 0.3 is 0 Å². The number of benzene rings is 1. The van der Waals surface area contributed by atoms with Crippen molar-refractivity contribution in [1.29, 1.82) is 5.26 Å². The number of rotatable bonds is 4. The second-order valence-corrected chi connectivity index (χ2v) is 9.17. The predicted molar refractivity (Wildman–Crippen MR) is 88.8 cm³/mol. The molecule has 5 nitrogen and oxygen atoms in total. The fourth-order valence-electron chi connectivity index (χ4n) is 4.93. The molecule has 3 atom stereocenters. The lowest BCUT2D eigenvalue weighted by molar-refractivity contribution is -0.129. The second kappa shape index (κ2) is 5.40. The lowest BCUT2D eigenvalue weighted by Crippen LogP contribution is -2.51. The molecule has 0 spiro atoms. The topological polar surface area (TPSA) is 95.2 Å². The zero-order valence-electron chi connectivity index (χ0n) is 13.8. The minimum absolute atomic E-state index is 0.0416. The number of ketones is 1. The Bertz CT molecular complexity index is 820. The summed E-state index contributed by atoms with van der Waals surface area (Å²) in [7, 11) is -4.40. The summed E-state index contributed by atoms with van der Waals surface area (Å²) in [5.74, 6) is 0.134. The van der Waals surface area contributed by atoms with Crippen molar-refractivity contribution in [2.24, 2.45) is 16.7 Å². The van der Waals surface area contributed by atoms with Gasteiger partial charge in [0.1, 0.15) is 11.0 Å². The minimum Gasteiger partial charge on any atom is -0.299 e. The van der Waals surface area contributed by atoms with Gasteiger partial charge in [-0.2, -0.15) is 13.7 Å². The van der Waals surface area contributed by atoms with Crippen molar-refractivity contribution in [3.8, 4) is 6.07 Å². The predicted octanol–water partition coefficient (Wildman–Crippen LogP) is 2.75. The van der Waals surface area contributed by atoms with Crippen molar-refractivity contribution >= 4 is 15.9 Å². The zero-order valence-corrected chi connectivity index (χ0v) is 14.6. The van der Waals surface area contributed by atoms with Crippen LogP contribution < -0.4 is 0 Å². The van der Waals surface area contributed by atoms with Crippen LogP contribution in [0.5, 0.6) is 0 Å². The Morgan fingerprint density at radius 3 is 2.38 bits per heavy atom. The van der Waals surface area contributed by atoms with Gasteiger partial charge in [0.2, 0.25) is 0 Å². The van der Waals surface area contributed by atoms with Crippen LogP contribution in [-0.2, 0) is 21.3 Å². The summed E-state index contributed by atoms with van der Waals surface area (Å²) in [6.45, 7) is 3.90. The molecule has 0 amide bonds. The Morgan fingerprint density at radius 2 is 1.96 bits per heavy atom. The Kier molecular flexibility index (Phi) is 3.85. The van der Waals surface area contributed by atoms with Crippen LogP contribution >= 0.6 is 0 Å². The van der Waals surface area contributed by atoms with Gasteiger partial charge in [-0.05, 0) is 48.3 Å². The first-order valence-corrected chi connectivity index (χ1v) is 9.62. The molecular weight excluding hydrogens is 326 g/mol. The highest BCUT2D eigenvalue weighted by Crippen LogP contribution is 2.66. The van der Waals surface area contributed by atoms with Crippen molar-refractivity contribution in [3.63, 3.8) is 0 Å². The Labute approximate surface area is 142 Å². The van der Waals surface area contributed by atoms with E-state index in [1.54, 1.807) is 24.3 Å². The van der Waals surface area contributed by atoms with E-state index < -0.39 is 26.2 Å². The van der Waals surface area contributed by atoms with E-state index in [1.165, 1.54) is 0 Å². The van der Waals surface area contributed by atoms with E-state index in [0.29, 0.717) is 24.0 Å². The first-order chi connectivity index (χ1) is 11.1. The van der Waals surface area contributed by atoms with Crippen molar-refractivity contribution in [3.05, 3.63) is 35.4 Å². The monoisotopic (exact) mass is 347 g/mol. The maximum atomic E-state index is 12.7. The first kappa shape index (κ1) is 17.1. The largest absolute Gasteiger partial charge is 0.299 e. The fraction of sp³-hybridized carbons (Fsp3) is 0.556. The zero-order chi connectivity index (χ0) is 17.8. The molecule has 128 valence electrons. The summed E-state index contributed by atoms with van der Waals surface area (Å²) in [5.41, 5.74) is -0.292. The standard InChI is InChI=1S/C18H21NO4S/c1-17(2)14-7-8-18(17,15(20)10-14)16(24(21,22)23)9-12-3-5-13(11-19)6-4-12/h3-6,14,16H,7-10H2,1-2H3,(H,21,22,23). The number of carbonyl (C=O) groups excluding carboxylic acids is 1. The number of hydrogen-bond donors (Lipinski definition) is 1. The van der Waals surface area contributed by atoms with Crippen LogP contribution in [-0.4, -0.2) is 24.0 Å². The van der Waals surface area contributed by atoms with Crippen LogP contribution in [0.1, 0.15) is 44.2 Å². The summed E-state index contributed by atoms with van der Waals surface area (Å²) in [6, 6.07) is 8.63. The second-order valence-electron chi connectivity index (χ2n) is 7.57. The van der Waals surface area contributed by atoms with E-state index in [4.69, 9.17) is 5.26 Å². The molecule has 0 saturated heterocycles. The molecule has 0 heterocycles. The highest BCUT2D eigenvalue weighted by molar-refractivity contribution is 7.86. The van der Waals surface area contributed by atoms with Crippen LogP contribution in [0.3, 0.4) is 0 Å². The summed E-state index contributed by atoms with van der Waals surface area (Å²) in [6.07, 6.45) is 1.79. The third-order valence-corrected chi connectivity index (χ3v) is 7.69. The summed E-state index contributed by atoms with van der Waals surface area (Å²) < 4.78 is 34.4. The Balaban J connectivity index is 2.05. The van der Waals surface area contributed by atoms with Gasteiger partial charge in [0.15, 0.2) is 0 Å². The molecule has 0 aromatic heterocycles. The molecule has 2 fully saturated rings. The van der Waals surface area contributed by atoms with Gasteiger partial charge in [0.25, 0.3) is 10.1 Å². The van der Waals surface area contributed by atoms with Gasteiger partial charge in [0.05, 0.1) is 17.0 Å². The number of fused-ring (bicyclic) bond motifs is 2. The SMILES string of the molecule is CC1(C)C2CCC1(C(Cc1ccc(C#N)cc1)S(=O)(=O)O)C(=O)C2. The van der Waals surface area contributed by atoms with E-state index in [2.05, 4.69) is 0 Å². The highest BCUT2D eigenvalue weighted by Gasteiger charge is 2.69. The van der Waals surface area contributed by atoms with E-state index in [-0.39, 0.29) is 18.1 Å². The Morgan fingerprint density at radius 1 is 1.33 bits per heavy atom. The molecule has 1 N–H and O–H groups in total. The van der Waals surface area contributed by atoms with Gasteiger partial charge in [-0.3, -0.25) is 9.35 Å². The molecule has 1 aromatic carbocycles. The number of hydrogen-bond acceptors (Lipinski definition) is 4. The lowest BCUT2D eigenvalue weighted by atomic mass is 9.65. The molecule has 0 radical (unpaired) electrons. The number of nitriles is 1. The molecule has 2 bridgehead atoms. The van der Waals surface area contributed by atoms with Crippen LogP contribution in [0.25, 0.3) is 0 Å². The molecule has 3 unspecified atom stereocenters. The third kappa shape index (κ3) is 2.30. The maximum absolute atomic E-state index is 12.7. The smallest absolute Gasteiger partial charge is 0.269 e. The molecular formula is C18H21NO4S. The molecule has 3 rings (SSSR count). The summed E-state index contributed by atoms with van der Waals surface area (Å²) >= 11 is 0. The summed E-state index contributed by atoms with van der Waals surface area (Å²) in [4.78, 5) is 12.7. The maximum Gasteiger partial charge on any atom is 0.269 e. The van der Waals surface area contributed by atoms with Gasteiger partial charge in [-0.15, -0.1) is 0 Å². The van der Waals surface area contributed by atoms with Crippen molar-refractivity contribution < 1.29 is 17.8 Å². The van der Waals surface area contributed by atoms with Gasteiger partial charge in [0, 0.05) is 6.42 Å². The average Bonchev–Trinajstić information content (AvgIpc) is 2.87. The highest BCUT2D eigenvalue weighted by atomic mass is 32.2. The third-order valence-electron chi connectivity index (χ3n) is 6.40. The van der Waals surface area contributed by atoms with Crippen LogP contribution in [0.2, 0.25) is 0 Å². The van der Waals surface area contributed by atoms with E-state index in [1.807, 2.05) is 19.9 Å². The number of Topliss-reactive ketones (excluding diaryl/α,β-unsaturated/α-hetero) is 1. The average molecular weight is 347 g/mol.